The summed E-state index contributed by atoms with van der Waals surface area (Å²) in [5, 5.41) is 3.57. The van der Waals surface area contributed by atoms with E-state index < -0.39 is 0 Å². The number of thiophene rings is 1. The maximum atomic E-state index is 5.91. The number of likely N-dealkylation sites (N-methyl/N-ethyl adjacent to an activating group) is 1. The Hall–Kier alpha value is -0.0500. The van der Waals surface area contributed by atoms with Crippen molar-refractivity contribution in [3.8, 4) is 0 Å². The van der Waals surface area contributed by atoms with Crippen molar-refractivity contribution in [2.45, 2.75) is 32.2 Å². The minimum atomic E-state index is 0.676. The predicted molar refractivity (Wildman–Crippen MR) is 63.2 cm³/mol. The van der Waals surface area contributed by atoms with Crippen molar-refractivity contribution in [1.29, 1.82) is 0 Å². The monoisotopic (exact) mass is 229 g/mol. The first-order valence-corrected chi connectivity index (χ1v) is 6.46. The van der Waals surface area contributed by atoms with Crippen LogP contribution in [-0.4, -0.2) is 12.6 Å². The minimum absolute atomic E-state index is 0.676. The van der Waals surface area contributed by atoms with E-state index in [-0.39, 0.29) is 0 Å². The Kier molecular flexibility index (Phi) is 3.47. The third-order valence-electron chi connectivity index (χ3n) is 2.71. The molecule has 0 aromatic carbocycles. The van der Waals surface area contributed by atoms with Gasteiger partial charge in [-0.1, -0.05) is 18.5 Å². The Morgan fingerprint density at radius 1 is 1.57 bits per heavy atom. The van der Waals surface area contributed by atoms with Crippen molar-refractivity contribution in [2.75, 3.05) is 6.54 Å². The second kappa shape index (κ2) is 4.65. The molecule has 0 saturated heterocycles. The molecular weight excluding hydrogens is 214 g/mol. The zero-order valence-electron chi connectivity index (χ0n) is 8.42. The SMILES string of the molecule is CCNC(Cc1ccc(Cl)s1)C1CC1. The molecular formula is C11H16ClNS. The van der Waals surface area contributed by atoms with Gasteiger partial charge in [-0.3, -0.25) is 0 Å². The molecule has 0 aliphatic heterocycles. The van der Waals surface area contributed by atoms with E-state index in [9.17, 15) is 0 Å². The van der Waals surface area contributed by atoms with Gasteiger partial charge in [-0.05, 0) is 43.9 Å². The number of hydrogen-bond donors (Lipinski definition) is 1. The first-order valence-electron chi connectivity index (χ1n) is 5.27. The highest BCUT2D eigenvalue weighted by Gasteiger charge is 2.30. The Bertz CT molecular complexity index is 293. The fraction of sp³-hybridized carbons (Fsp3) is 0.636. The molecule has 78 valence electrons. The van der Waals surface area contributed by atoms with E-state index in [0.29, 0.717) is 6.04 Å². The maximum Gasteiger partial charge on any atom is 0.0931 e. The lowest BCUT2D eigenvalue weighted by Gasteiger charge is -2.15. The molecule has 14 heavy (non-hydrogen) atoms. The molecule has 1 nitrogen and oxygen atoms in total. The number of hydrogen-bond acceptors (Lipinski definition) is 2. The van der Waals surface area contributed by atoms with Crippen LogP contribution in [0.15, 0.2) is 12.1 Å². The lowest BCUT2D eigenvalue weighted by molar-refractivity contribution is 0.475. The van der Waals surface area contributed by atoms with Crippen LogP contribution in [0.3, 0.4) is 0 Å². The van der Waals surface area contributed by atoms with Gasteiger partial charge < -0.3 is 5.32 Å². The van der Waals surface area contributed by atoms with Gasteiger partial charge in [0.05, 0.1) is 4.34 Å². The van der Waals surface area contributed by atoms with Crippen LogP contribution in [0.1, 0.15) is 24.6 Å². The largest absolute Gasteiger partial charge is 0.314 e. The van der Waals surface area contributed by atoms with E-state index in [1.54, 1.807) is 11.3 Å². The molecule has 1 aromatic heterocycles. The Morgan fingerprint density at radius 2 is 2.36 bits per heavy atom. The smallest absolute Gasteiger partial charge is 0.0931 e. The molecule has 1 aliphatic carbocycles. The molecule has 1 aliphatic rings. The van der Waals surface area contributed by atoms with Crippen molar-refractivity contribution in [2.24, 2.45) is 5.92 Å². The van der Waals surface area contributed by atoms with Gasteiger partial charge in [0.2, 0.25) is 0 Å². The highest BCUT2D eigenvalue weighted by molar-refractivity contribution is 7.16. The van der Waals surface area contributed by atoms with Crippen LogP contribution >= 0.6 is 22.9 Å². The molecule has 0 bridgehead atoms. The highest BCUT2D eigenvalue weighted by atomic mass is 35.5. The van der Waals surface area contributed by atoms with Crippen LogP contribution < -0.4 is 5.32 Å². The molecule has 0 spiro atoms. The molecule has 1 fully saturated rings. The Balaban J connectivity index is 1.92. The fourth-order valence-corrected chi connectivity index (χ4v) is 2.99. The van der Waals surface area contributed by atoms with Crippen LogP contribution in [0.2, 0.25) is 4.34 Å². The van der Waals surface area contributed by atoms with Gasteiger partial charge in [0.1, 0.15) is 0 Å². The summed E-state index contributed by atoms with van der Waals surface area (Å²) in [4.78, 5) is 1.41. The average molecular weight is 230 g/mol. The molecule has 0 radical (unpaired) electrons. The quantitative estimate of drug-likeness (QED) is 0.817. The van der Waals surface area contributed by atoms with Gasteiger partial charge in [-0.15, -0.1) is 11.3 Å². The van der Waals surface area contributed by atoms with Gasteiger partial charge in [-0.2, -0.15) is 0 Å². The number of rotatable bonds is 5. The van der Waals surface area contributed by atoms with E-state index in [1.165, 1.54) is 17.7 Å². The third kappa shape index (κ3) is 2.72. The summed E-state index contributed by atoms with van der Waals surface area (Å²) in [5.41, 5.74) is 0. The van der Waals surface area contributed by atoms with E-state index in [4.69, 9.17) is 11.6 Å². The summed E-state index contributed by atoms with van der Waals surface area (Å²) in [6.07, 6.45) is 3.95. The van der Waals surface area contributed by atoms with Crippen LogP contribution in [-0.2, 0) is 6.42 Å². The van der Waals surface area contributed by atoms with Crippen molar-refractivity contribution < 1.29 is 0 Å². The maximum absolute atomic E-state index is 5.91. The fourth-order valence-electron chi connectivity index (χ4n) is 1.84. The lowest BCUT2D eigenvalue weighted by atomic mass is 10.1. The molecule has 1 aromatic rings. The van der Waals surface area contributed by atoms with Gasteiger partial charge >= 0.3 is 0 Å². The van der Waals surface area contributed by atoms with Crippen molar-refractivity contribution >= 4 is 22.9 Å². The highest BCUT2D eigenvalue weighted by Crippen LogP contribution is 2.35. The summed E-state index contributed by atoms with van der Waals surface area (Å²) in [6.45, 7) is 3.25. The molecule has 1 saturated carbocycles. The molecule has 1 N–H and O–H groups in total. The van der Waals surface area contributed by atoms with Crippen molar-refractivity contribution in [3.05, 3.63) is 21.3 Å². The van der Waals surface area contributed by atoms with Crippen molar-refractivity contribution in [3.63, 3.8) is 0 Å². The van der Waals surface area contributed by atoms with Gasteiger partial charge in [-0.25, -0.2) is 0 Å². The van der Waals surface area contributed by atoms with Gasteiger partial charge in [0.15, 0.2) is 0 Å². The summed E-state index contributed by atoms with van der Waals surface area (Å²) in [5.74, 6) is 0.913. The average Bonchev–Trinajstić information content (AvgIpc) is 2.91. The summed E-state index contributed by atoms with van der Waals surface area (Å²) < 4.78 is 0.908. The topological polar surface area (TPSA) is 12.0 Å². The second-order valence-electron chi connectivity index (χ2n) is 3.91. The minimum Gasteiger partial charge on any atom is -0.314 e. The van der Waals surface area contributed by atoms with E-state index in [1.807, 2.05) is 6.07 Å². The van der Waals surface area contributed by atoms with Crippen LogP contribution in [0, 0.1) is 5.92 Å². The zero-order valence-corrected chi connectivity index (χ0v) is 10.00. The lowest BCUT2D eigenvalue weighted by Crippen LogP contribution is -2.32. The first kappa shape index (κ1) is 10.5. The summed E-state index contributed by atoms with van der Waals surface area (Å²) >= 11 is 7.63. The molecule has 1 atom stereocenters. The van der Waals surface area contributed by atoms with Gasteiger partial charge in [0.25, 0.3) is 0 Å². The normalized spacial score (nSPS) is 18.4. The number of halogens is 1. The molecule has 2 rings (SSSR count). The number of nitrogens with one attached hydrogen (secondary N) is 1. The van der Waals surface area contributed by atoms with Crippen LogP contribution in [0.25, 0.3) is 0 Å². The van der Waals surface area contributed by atoms with Gasteiger partial charge in [0, 0.05) is 10.9 Å². The predicted octanol–water partition coefficient (Wildman–Crippen LogP) is 3.33. The summed E-state index contributed by atoms with van der Waals surface area (Å²) in [6, 6.07) is 4.83. The third-order valence-corrected chi connectivity index (χ3v) is 3.96. The Morgan fingerprint density at radius 3 is 2.86 bits per heavy atom. The Labute approximate surface area is 94.5 Å². The van der Waals surface area contributed by atoms with E-state index in [0.717, 1.165) is 23.2 Å². The van der Waals surface area contributed by atoms with E-state index >= 15 is 0 Å². The summed E-state index contributed by atoms with van der Waals surface area (Å²) in [7, 11) is 0. The first-order chi connectivity index (χ1) is 6.79. The second-order valence-corrected chi connectivity index (χ2v) is 5.71. The van der Waals surface area contributed by atoms with Crippen molar-refractivity contribution in [1.82, 2.24) is 5.32 Å². The molecule has 1 unspecified atom stereocenters. The zero-order chi connectivity index (χ0) is 9.97. The molecule has 0 amide bonds. The van der Waals surface area contributed by atoms with E-state index in [2.05, 4.69) is 18.3 Å². The molecule has 1 heterocycles. The van der Waals surface area contributed by atoms with Crippen LogP contribution in [0.4, 0.5) is 0 Å². The molecule has 3 heteroatoms. The standard InChI is InChI=1S/C11H16ClNS/c1-2-13-10(8-3-4-8)7-9-5-6-11(12)14-9/h5-6,8,10,13H,2-4,7H2,1H3. The van der Waals surface area contributed by atoms with Crippen LogP contribution in [0.5, 0.6) is 0 Å².